The number of nitrogens with zero attached hydrogens (tertiary/aromatic N) is 2. The van der Waals surface area contributed by atoms with E-state index in [1.54, 1.807) is 6.92 Å². The molecule has 0 bridgehead atoms. The number of urea groups is 1. The molecule has 1 saturated heterocycles. The predicted octanol–water partition coefficient (Wildman–Crippen LogP) is -1.18. The molecule has 0 spiro atoms. The molecule has 1 aliphatic rings. The molecule has 2 atom stereocenters. The second-order valence-electron chi connectivity index (χ2n) is 4.28. The maximum Gasteiger partial charge on any atom is 0.322 e. The number of hydrogen-bond acceptors (Lipinski definition) is 5. The highest BCUT2D eigenvalue weighted by Gasteiger charge is 2.29. The fourth-order valence-electron chi connectivity index (χ4n) is 1.65. The smallest absolute Gasteiger partial charge is 0.322 e. The summed E-state index contributed by atoms with van der Waals surface area (Å²) in [6.07, 6.45) is 3.15. The molecule has 2 unspecified atom stereocenters. The van der Waals surface area contributed by atoms with E-state index in [1.165, 1.54) is 12.4 Å². The number of imide groups is 1. The van der Waals surface area contributed by atoms with Crippen LogP contribution in [0.2, 0.25) is 0 Å². The van der Waals surface area contributed by atoms with Crippen LogP contribution in [0.4, 0.5) is 4.79 Å². The molecule has 2 rings (SSSR count). The second kappa shape index (κ2) is 5.01. The van der Waals surface area contributed by atoms with Crippen molar-refractivity contribution in [3.05, 3.63) is 23.8 Å². The Balaban J connectivity index is 2.05. The summed E-state index contributed by atoms with van der Waals surface area (Å²) >= 11 is 0. The molecule has 1 fully saturated rings. The zero-order valence-electron chi connectivity index (χ0n) is 10.2. The van der Waals surface area contributed by atoms with Crippen molar-refractivity contribution in [2.75, 3.05) is 0 Å². The summed E-state index contributed by atoms with van der Waals surface area (Å²) in [7, 11) is 0. The van der Waals surface area contributed by atoms with Crippen LogP contribution in [0.15, 0.2) is 12.4 Å². The number of carbonyl (C=O) groups is 3. The Morgan fingerprint density at radius 3 is 2.63 bits per heavy atom. The summed E-state index contributed by atoms with van der Waals surface area (Å²) in [6.45, 7) is 1.64. The summed E-state index contributed by atoms with van der Waals surface area (Å²) in [5.74, 6) is -1.39. The molecule has 8 heteroatoms. The summed E-state index contributed by atoms with van der Waals surface area (Å²) in [4.78, 5) is 41.5. The van der Waals surface area contributed by atoms with Crippen molar-refractivity contribution >= 4 is 17.8 Å². The number of aromatic nitrogens is 2. The van der Waals surface area contributed by atoms with E-state index in [0.717, 1.165) is 0 Å². The molecule has 4 amide bonds. The third-order valence-corrected chi connectivity index (χ3v) is 2.87. The van der Waals surface area contributed by atoms with E-state index in [2.05, 4.69) is 20.6 Å². The third-order valence-electron chi connectivity index (χ3n) is 2.87. The van der Waals surface area contributed by atoms with Crippen LogP contribution in [0.1, 0.15) is 24.2 Å². The quantitative estimate of drug-likeness (QED) is 0.589. The van der Waals surface area contributed by atoms with Gasteiger partial charge in [-0.1, -0.05) is 0 Å². The van der Waals surface area contributed by atoms with Crippen molar-refractivity contribution in [1.82, 2.24) is 20.6 Å². The van der Waals surface area contributed by atoms with Gasteiger partial charge in [-0.2, -0.15) is 0 Å². The molecule has 0 aromatic carbocycles. The zero-order chi connectivity index (χ0) is 14.0. The largest absolute Gasteiger partial charge is 0.369 e. The zero-order valence-corrected chi connectivity index (χ0v) is 10.2. The molecule has 0 aliphatic carbocycles. The number of primary amides is 1. The van der Waals surface area contributed by atoms with Crippen LogP contribution in [0.3, 0.4) is 0 Å². The monoisotopic (exact) mass is 263 g/mol. The molecule has 1 aliphatic heterocycles. The summed E-state index contributed by atoms with van der Waals surface area (Å²) in [6, 6.07) is -1.15. The van der Waals surface area contributed by atoms with Gasteiger partial charge in [0.15, 0.2) is 0 Å². The topological polar surface area (TPSA) is 127 Å². The lowest BCUT2D eigenvalue weighted by Gasteiger charge is -2.08. The fraction of sp³-hybridized carbons (Fsp3) is 0.364. The van der Waals surface area contributed by atoms with Gasteiger partial charge in [0.1, 0.15) is 6.04 Å². The summed E-state index contributed by atoms with van der Waals surface area (Å²) in [5, 5.41) is 4.60. The number of hydrogen-bond donors (Lipinski definition) is 3. The minimum absolute atomic E-state index is 0.246. The Morgan fingerprint density at radius 2 is 2.16 bits per heavy atom. The molecule has 4 N–H and O–H groups in total. The van der Waals surface area contributed by atoms with Gasteiger partial charge in [-0.25, -0.2) is 4.79 Å². The standard InChI is InChI=1S/C11H13N5O3/c1-5(9(12)17)8-4-13-6(3-14-8)2-7-10(18)16-11(19)15-7/h3-5,7H,2H2,1H3,(H2,12,17)(H2,15,16,18,19). The Kier molecular flexibility index (Phi) is 3.41. The van der Waals surface area contributed by atoms with Crippen LogP contribution >= 0.6 is 0 Å². The van der Waals surface area contributed by atoms with E-state index in [0.29, 0.717) is 11.4 Å². The van der Waals surface area contributed by atoms with Gasteiger partial charge in [0.05, 0.1) is 17.3 Å². The lowest BCUT2D eigenvalue weighted by molar-refractivity contribution is -0.120. The molecule has 0 radical (unpaired) electrons. The Morgan fingerprint density at radius 1 is 1.42 bits per heavy atom. The molecule has 0 saturated carbocycles. The van der Waals surface area contributed by atoms with Crippen molar-refractivity contribution in [3.8, 4) is 0 Å². The highest BCUT2D eigenvalue weighted by Crippen LogP contribution is 2.11. The fourth-order valence-corrected chi connectivity index (χ4v) is 1.65. The maximum atomic E-state index is 11.3. The number of rotatable bonds is 4. The lowest BCUT2D eigenvalue weighted by atomic mass is 10.1. The first-order chi connectivity index (χ1) is 8.97. The number of nitrogens with two attached hydrogens (primary N) is 1. The van der Waals surface area contributed by atoms with Crippen molar-refractivity contribution in [1.29, 1.82) is 0 Å². The van der Waals surface area contributed by atoms with Crippen molar-refractivity contribution in [2.24, 2.45) is 5.73 Å². The van der Waals surface area contributed by atoms with Crippen LogP contribution in [0.25, 0.3) is 0 Å². The maximum absolute atomic E-state index is 11.3. The van der Waals surface area contributed by atoms with Gasteiger partial charge in [-0.05, 0) is 6.92 Å². The number of amides is 4. The third kappa shape index (κ3) is 2.84. The first-order valence-corrected chi connectivity index (χ1v) is 5.69. The molecule has 19 heavy (non-hydrogen) atoms. The first kappa shape index (κ1) is 12.9. The van der Waals surface area contributed by atoms with Crippen molar-refractivity contribution in [3.63, 3.8) is 0 Å². The first-order valence-electron chi connectivity index (χ1n) is 5.69. The second-order valence-corrected chi connectivity index (χ2v) is 4.28. The minimum Gasteiger partial charge on any atom is -0.369 e. The predicted molar refractivity (Wildman–Crippen MR) is 63.8 cm³/mol. The van der Waals surface area contributed by atoms with E-state index in [4.69, 9.17) is 5.73 Å². The van der Waals surface area contributed by atoms with Crippen molar-refractivity contribution in [2.45, 2.75) is 25.3 Å². The van der Waals surface area contributed by atoms with Crippen molar-refractivity contribution < 1.29 is 14.4 Å². The van der Waals surface area contributed by atoms with Gasteiger partial charge in [0.25, 0.3) is 5.91 Å². The van der Waals surface area contributed by atoms with E-state index in [1.807, 2.05) is 0 Å². The molecule has 1 aromatic heterocycles. The number of nitrogens with one attached hydrogen (secondary N) is 2. The minimum atomic E-state index is -0.638. The van der Waals surface area contributed by atoms with E-state index < -0.39 is 23.9 Å². The Labute approximate surface area is 108 Å². The van der Waals surface area contributed by atoms with Gasteiger partial charge in [-0.3, -0.25) is 24.9 Å². The van der Waals surface area contributed by atoms with Gasteiger partial charge >= 0.3 is 6.03 Å². The van der Waals surface area contributed by atoms with Crippen LogP contribution in [0, 0.1) is 0 Å². The van der Waals surface area contributed by atoms with Gasteiger partial charge in [0.2, 0.25) is 5.91 Å². The number of carbonyl (C=O) groups excluding carboxylic acids is 3. The highest BCUT2D eigenvalue weighted by atomic mass is 16.2. The molecule has 8 nitrogen and oxygen atoms in total. The molecule has 2 heterocycles. The molecule has 1 aromatic rings. The van der Waals surface area contributed by atoms with Crippen LogP contribution in [-0.4, -0.2) is 33.9 Å². The highest BCUT2D eigenvalue weighted by molar-refractivity contribution is 6.04. The van der Waals surface area contributed by atoms with Crippen LogP contribution in [0.5, 0.6) is 0 Å². The summed E-state index contributed by atoms with van der Waals surface area (Å²) < 4.78 is 0. The van der Waals surface area contributed by atoms with Crippen LogP contribution in [-0.2, 0) is 16.0 Å². The van der Waals surface area contributed by atoms with Gasteiger partial charge < -0.3 is 11.1 Å². The summed E-state index contributed by atoms with van der Waals surface area (Å²) in [5.41, 5.74) is 6.18. The van der Waals surface area contributed by atoms with Gasteiger partial charge in [0, 0.05) is 18.8 Å². The average molecular weight is 263 g/mol. The lowest BCUT2D eigenvalue weighted by Crippen LogP contribution is -2.31. The van der Waals surface area contributed by atoms with E-state index in [9.17, 15) is 14.4 Å². The Hall–Kier alpha value is -2.51. The Bertz CT molecular complexity index is 528. The van der Waals surface area contributed by atoms with Gasteiger partial charge in [-0.15, -0.1) is 0 Å². The normalized spacial score (nSPS) is 19.7. The van der Waals surface area contributed by atoms with E-state index >= 15 is 0 Å². The molecular formula is C11H13N5O3. The SMILES string of the molecule is CC(C(N)=O)c1cnc(CC2NC(=O)NC2=O)cn1. The van der Waals surface area contributed by atoms with Crippen LogP contribution < -0.4 is 16.4 Å². The average Bonchev–Trinajstić information content (AvgIpc) is 2.68. The molecule has 100 valence electrons. The van der Waals surface area contributed by atoms with E-state index in [-0.39, 0.29) is 12.3 Å². The molecular weight excluding hydrogens is 250 g/mol.